The molecule has 0 bridgehead atoms. The van der Waals surface area contributed by atoms with Gasteiger partial charge in [-0.25, -0.2) is 4.68 Å². The summed E-state index contributed by atoms with van der Waals surface area (Å²) in [5, 5.41) is 10.2. The fourth-order valence-electron chi connectivity index (χ4n) is 13.6. The molecule has 5 aliphatic rings. The summed E-state index contributed by atoms with van der Waals surface area (Å²) in [6.07, 6.45) is 7.74. The number of carboxylic acid groups (broad SMARTS) is 1. The third-order valence-corrected chi connectivity index (χ3v) is 16.7. The zero-order valence-electron chi connectivity index (χ0n) is 34.1. The van der Waals surface area contributed by atoms with Crippen molar-refractivity contribution in [3.63, 3.8) is 0 Å². The quantitative estimate of drug-likeness (QED) is 0.282. The number of carboxylic acids is 1. The lowest BCUT2D eigenvalue weighted by molar-refractivity contribution is -0.232. The molecule has 2 aromatic rings. The Morgan fingerprint density at radius 3 is 2.22 bits per heavy atom. The Balaban J connectivity index is 1.24. The second-order valence-electron chi connectivity index (χ2n) is 20.2. The SMILES string of the molecule is CC(C)C1=C2C3CC[C@@H]4[C@@]5(C)CC[C@H](OC(=O)CC(C)(C)C(=O)O)C(C)(C)[C@@H]5CC[C@@]4(C)[C@]3(C)CC[C@@]2(c2cc(=O)n(-c3ccc(Cl)cc3)n2C)CC1=O. The number of halogens is 1. The van der Waals surface area contributed by atoms with Gasteiger partial charge in [-0.2, -0.15) is 0 Å². The van der Waals surface area contributed by atoms with Crippen molar-refractivity contribution in [3.05, 3.63) is 62.5 Å². The van der Waals surface area contributed by atoms with Crippen LogP contribution in [0.3, 0.4) is 0 Å². The first-order valence-electron chi connectivity index (χ1n) is 20.3. The van der Waals surface area contributed by atoms with Crippen LogP contribution in [0, 0.1) is 50.7 Å². The van der Waals surface area contributed by atoms with Gasteiger partial charge in [-0.15, -0.1) is 0 Å². The minimum atomic E-state index is -1.17. The normalized spacial score (nSPS) is 36.0. The molecule has 1 unspecified atom stereocenters. The molecular formula is C45H61ClN2O6. The molecule has 1 aromatic carbocycles. The molecule has 54 heavy (non-hydrogen) atoms. The molecule has 0 amide bonds. The second-order valence-corrected chi connectivity index (χ2v) is 20.6. The number of rotatable bonds is 7. The first-order valence-corrected chi connectivity index (χ1v) is 20.7. The largest absolute Gasteiger partial charge is 0.481 e. The number of hydrogen-bond donors (Lipinski definition) is 1. The number of benzene rings is 1. The predicted octanol–water partition coefficient (Wildman–Crippen LogP) is 9.47. The van der Waals surface area contributed by atoms with Crippen LogP contribution in [0.5, 0.6) is 0 Å². The predicted molar refractivity (Wildman–Crippen MR) is 211 cm³/mol. The van der Waals surface area contributed by atoms with Crippen LogP contribution in [-0.2, 0) is 31.6 Å². The molecule has 0 saturated heterocycles. The van der Waals surface area contributed by atoms with Crippen LogP contribution >= 0.6 is 11.6 Å². The number of nitrogens with zero attached hydrogens (tertiary/aromatic N) is 2. The third-order valence-electron chi connectivity index (χ3n) is 16.5. The molecule has 1 N–H and O–H groups in total. The topological polar surface area (TPSA) is 108 Å². The highest BCUT2D eigenvalue weighted by Crippen LogP contribution is 2.76. The number of aliphatic carboxylic acids is 1. The lowest BCUT2D eigenvalue weighted by atomic mass is 9.33. The van der Waals surface area contributed by atoms with Crippen molar-refractivity contribution in [2.24, 2.45) is 57.8 Å². The molecule has 8 atom stereocenters. The van der Waals surface area contributed by atoms with E-state index in [9.17, 15) is 24.3 Å². The van der Waals surface area contributed by atoms with E-state index in [1.54, 1.807) is 36.7 Å². The van der Waals surface area contributed by atoms with Crippen molar-refractivity contribution >= 4 is 29.3 Å². The molecule has 0 spiro atoms. The first kappa shape index (κ1) is 39.1. The van der Waals surface area contributed by atoms with Gasteiger partial charge in [-0.1, -0.05) is 60.1 Å². The summed E-state index contributed by atoms with van der Waals surface area (Å²) in [7, 11) is 1.96. The van der Waals surface area contributed by atoms with Gasteiger partial charge in [0.1, 0.15) is 6.10 Å². The van der Waals surface area contributed by atoms with Crippen molar-refractivity contribution in [1.29, 1.82) is 0 Å². The summed E-state index contributed by atoms with van der Waals surface area (Å²) in [6.45, 7) is 19.6. The number of Topliss-reactive ketones (excluding diaryl/α,β-unsaturated/α-hetero) is 1. The first-order chi connectivity index (χ1) is 25.0. The van der Waals surface area contributed by atoms with Gasteiger partial charge in [0, 0.05) is 35.4 Å². The van der Waals surface area contributed by atoms with E-state index >= 15 is 0 Å². The lowest BCUT2D eigenvalue weighted by Crippen LogP contribution is -2.66. The number of hydrogen-bond acceptors (Lipinski definition) is 5. The monoisotopic (exact) mass is 760 g/mol. The zero-order chi connectivity index (χ0) is 39.6. The van der Waals surface area contributed by atoms with Crippen molar-refractivity contribution in [1.82, 2.24) is 9.36 Å². The number of esters is 1. The van der Waals surface area contributed by atoms with Crippen LogP contribution in [0.25, 0.3) is 5.69 Å². The fourth-order valence-corrected chi connectivity index (χ4v) is 13.7. The van der Waals surface area contributed by atoms with Gasteiger partial charge >= 0.3 is 11.9 Å². The number of aromatic nitrogens is 2. The van der Waals surface area contributed by atoms with E-state index in [0.717, 1.165) is 68.3 Å². The minimum Gasteiger partial charge on any atom is -0.481 e. The summed E-state index contributed by atoms with van der Waals surface area (Å²) in [6, 6.07) is 9.15. The Hall–Kier alpha value is -3.13. The van der Waals surface area contributed by atoms with Crippen LogP contribution in [0.4, 0.5) is 0 Å². The average Bonchev–Trinajstić information content (AvgIpc) is 3.55. The van der Waals surface area contributed by atoms with Crippen molar-refractivity contribution in [3.8, 4) is 5.69 Å². The number of carbonyl (C=O) groups excluding carboxylic acids is 2. The number of carbonyl (C=O) groups is 3. The molecule has 1 aromatic heterocycles. The molecule has 4 fully saturated rings. The summed E-state index contributed by atoms with van der Waals surface area (Å²) in [5.74, 6) is -0.0474. The lowest BCUT2D eigenvalue weighted by Gasteiger charge is -2.72. The summed E-state index contributed by atoms with van der Waals surface area (Å²) in [4.78, 5) is 53.0. The van der Waals surface area contributed by atoms with E-state index in [1.807, 2.05) is 23.9 Å². The maximum absolute atomic E-state index is 14.3. The summed E-state index contributed by atoms with van der Waals surface area (Å²) >= 11 is 6.22. The molecule has 0 aliphatic heterocycles. The molecule has 5 aliphatic carbocycles. The van der Waals surface area contributed by atoms with Crippen LogP contribution in [-0.4, -0.2) is 38.3 Å². The average molecular weight is 761 g/mol. The highest BCUT2D eigenvalue weighted by atomic mass is 35.5. The Morgan fingerprint density at radius 2 is 1.59 bits per heavy atom. The molecule has 0 radical (unpaired) electrons. The highest BCUT2D eigenvalue weighted by molar-refractivity contribution is 6.30. The molecule has 294 valence electrons. The summed E-state index contributed by atoms with van der Waals surface area (Å²) < 4.78 is 9.89. The van der Waals surface area contributed by atoms with E-state index in [2.05, 4.69) is 48.5 Å². The number of fused-ring (bicyclic) bond motifs is 7. The Labute approximate surface area is 326 Å². The van der Waals surface area contributed by atoms with Crippen LogP contribution < -0.4 is 5.56 Å². The highest BCUT2D eigenvalue weighted by Gasteiger charge is 2.70. The van der Waals surface area contributed by atoms with E-state index in [4.69, 9.17) is 16.3 Å². The number of allylic oxidation sites excluding steroid dienone is 2. The molecule has 8 nitrogen and oxygen atoms in total. The van der Waals surface area contributed by atoms with Gasteiger partial charge in [0.25, 0.3) is 5.56 Å². The molecular weight excluding hydrogens is 700 g/mol. The Morgan fingerprint density at radius 1 is 0.926 bits per heavy atom. The molecule has 1 heterocycles. The van der Waals surface area contributed by atoms with Gasteiger partial charge in [0.05, 0.1) is 23.2 Å². The third kappa shape index (κ3) is 5.41. The fraction of sp³-hybridized carbons (Fsp3) is 0.689. The van der Waals surface area contributed by atoms with Crippen LogP contribution in [0.15, 0.2) is 46.3 Å². The van der Waals surface area contributed by atoms with Crippen molar-refractivity contribution in [2.45, 2.75) is 138 Å². The Kier molecular flexibility index (Phi) is 9.19. The van der Waals surface area contributed by atoms with E-state index < -0.39 is 22.8 Å². The number of ketones is 1. The van der Waals surface area contributed by atoms with E-state index in [0.29, 0.717) is 23.3 Å². The molecule has 4 saturated carbocycles. The van der Waals surface area contributed by atoms with Gasteiger partial charge in [-0.3, -0.25) is 23.9 Å². The minimum absolute atomic E-state index is 0.0281. The van der Waals surface area contributed by atoms with E-state index in [-0.39, 0.29) is 57.4 Å². The smallest absolute Gasteiger partial charge is 0.309 e. The Bertz CT molecular complexity index is 1990. The zero-order valence-corrected chi connectivity index (χ0v) is 34.9. The van der Waals surface area contributed by atoms with Gasteiger partial charge in [-0.05, 0) is 141 Å². The van der Waals surface area contributed by atoms with Gasteiger partial charge in [0.15, 0.2) is 5.78 Å². The van der Waals surface area contributed by atoms with Crippen LogP contribution in [0.2, 0.25) is 5.02 Å². The standard InChI is InChI=1S/C45H61ClN2O6/c1-26(2)37-30(49)24-45(33-23-35(50)48(47(33)10)28-13-11-27(46)12-14-28)22-21-43(8)29(38(37)45)15-16-32-42(7)19-18-34(54-36(51)25-40(3,4)39(52)53)41(5,6)31(42)17-20-44(32,43)9/h11-14,23,26,29,31-32,34H,15-22,24-25H2,1-10H3,(H,52,53)/t29?,31-,32+,34-,42-,43+,44+,45-/m0/s1. The van der Waals surface area contributed by atoms with Gasteiger partial charge < -0.3 is 9.84 Å². The maximum atomic E-state index is 14.3. The molecule has 9 heteroatoms. The van der Waals surface area contributed by atoms with Crippen LogP contribution in [0.1, 0.15) is 132 Å². The van der Waals surface area contributed by atoms with Gasteiger partial charge in [0.2, 0.25) is 0 Å². The number of ether oxygens (including phenoxy) is 1. The maximum Gasteiger partial charge on any atom is 0.309 e. The van der Waals surface area contributed by atoms with Crippen molar-refractivity contribution < 1.29 is 24.2 Å². The second kappa shape index (κ2) is 12.7. The molecule has 7 rings (SSSR count). The summed E-state index contributed by atoms with van der Waals surface area (Å²) in [5.41, 5.74) is 1.98. The van der Waals surface area contributed by atoms with Crippen molar-refractivity contribution in [2.75, 3.05) is 0 Å². The van der Waals surface area contributed by atoms with E-state index in [1.165, 1.54) is 5.57 Å².